The van der Waals surface area contributed by atoms with Gasteiger partial charge in [-0.05, 0) is 19.1 Å². The highest BCUT2D eigenvalue weighted by Gasteiger charge is 2.21. The molecule has 1 rings (SSSR count). The predicted molar refractivity (Wildman–Crippen MR) is 57.6 cm³/mol. The Morgan fingerprint density at radius 1 is 1.40 bits per heavy atom. The van der Waals surface area contributed by atoms with E-state index in [9.17, 15) is 9.90 Å². The number of aliphatic hydroxyl groups is 2. The van der Waals surface area contributed by atoms with Gasteiger partial charge in [-0.2, -0.15) is 0 Å². The molecular formula is C11H15NO3. The molecular weight excluding hydrogens is 194 g/mol. The average molecular weight is 209 g/mol. The number of hydrogen-bond donors (Lipinski definition) is 2. The van der Waals surface area contributed by atoms with Crippen LogP contribution in [-0.2, 0) is 4.79 Å². The molecule has 0 heterocycles. The first-order valence-corrected chi connectivity index (χ1v) is 4.86. The molecule has 0 aliphatic carbocycles. The summed E-state index contributed by atoms with van der Waals surface area (Å²) < 4.78 is 0. The first-order chi connectivity index (χ1) is 7.20. The molecule has 1 amide bonds. The monoisotopic (exact) mass is 209 g/mol. The Balaban J connectivity index is 2.85. The minimum absolute atomic E-state index is 0.458. The number of amides is 1. The molecule has 0 fully saturated rings. The Morgan fingerprint density at radius 2 is 2.00 bits per heavy atom. The summed E-state index contributed by atoms with van der Waals surface area (Å²) in [5.74, 6) is -0.480. The van der Waals surface area contributed by atoms with Crippen molar-refractivity contribution in [3.8, 4) is 0 Å². The topological polar surface area (TPSA) is 60.8 Å². The van der Waals surface area contributed by atoms with E-state index in [1.807, 2.05) is 25.1 Å². The molecule has 0 saturated heterocycles. The second kappa shape index (κ2) is 5.48. The van der Waals surface area contributed by atoms with E-state index in [2.05, 4.69) is 0 Å². The van der Waals surface area contributed by atoms with Crippen LogP contribution in [0.5, 0.6) is 0 Å². The van der Waals surface area contributed by atoms with Gasteiger partial charge in [0.2, 0.25) is 0 Å². The molecule has 1 aromatic rings. The fourth-order valence-electron chi connectivity index (χ4n) is 1.33. The molecule has 82 valence electrons. The number of carbonyl (C=O) groups is 1. The zero-order valence-electron chi connectivity index (χ0n) is 8.63. The number of aliphatic hydroxyl groups excluding tert-OH is 2. The molecule has 15 heavy (non-hydrogen) atoms. The molecule has 4 nitrogen and oxygen atoms in total. The van der Waals surface area contributed by atoms with Crippen molar-refractivity contribution in [2.45, 2.75) is 13.0 Å². The lowest BCUT2D eigenvalue weighted by atomic mass is 10.2. The van der Waals surface area contributed by atoms with Gasteiger partial charge < -0.3 is 15.1 Å². The molecule has 1 aromatic carbocycles. The lowest BCUT2D eigenvalue weighted by Gasteiger charge is -2.22. The van der Waals surface area contributed by atoms with Gasteiger partial charge in [-0.15, -0.1) is 0 Å². The Morgan fingerprint density at radius 3 is 2.47 bits per heavy atom. The number of nitrogens with zero attached hydrogens (tertiary/aromatic N) is 1. The first kappa shape index (κ1) is 11.7. The second-order valence-electron chi connectivity index (χ2n) is 3.12. The summed E-state index contributed by atoms with van der Waals surface area (Å²) in [5, 5.41) is 17.9. The standard InChI is InChI=1S/C11H15NO3/c1-2-12(11(15)10(14)8-13)9-6-4-3-5-7-9/h3-7,10,13-14H,2,8H2,1H3. The van der Waals surface area contributed by atoms with Crippen LogP contribution >= 0.6 is 0 Å². The molecule has 0 aliphatic rings. The van der Waals surface area contributed by atoms with E-state index >= 15 is 0 Å². The zero-order chi connectivity index (χ0) is 11.3. The Hall–Kier alpha value is -1.39. The smallest absolute Gasteiger partial charge is 0.258 e. The maximum atomic E-state index is 11.6. The summed E-state index contributed by atoms with van der Waals surface area (Å²) in [5.41, 5.74) is 0.720. The van der Waals surface area contributed by atoms with Crippen LogP contribution in [0.4, 0.5) is 5.69 Å². The third-order valence-electron chi connectivity index (χ3n) is 2.11. The summed E-state index contributed by atoms with van der Waals surface area (Å²) in [6, 6.07) is 9.05. The van der Waals surface area contributed by atoms with Crippen molar-refractivity contribution < 1.29 is 15.0 Å². The highest BCUT2D eigenvalue weighted by atomic mass is 16.3. The summed E-state index contributed by atoms with van der Waals surface area (Å²) in [7, 11) is 0. The van der Waals surface area contributed by atoms with Crippen LogP contribution in [0, 0.1) is 0 Å². The number of carbonyl (C=O) groups excluding carboxylic acids is 1. The van der Waals surface area contributed by atoms with Gasteiger partial charge in [0.05, 0.1) is 6.61 Å². The van der Waals surface area contributed by atoms with Crippen LogP contribution in [0.3, 0.4) is 0 Å². The molecule has 1 atom stereocenters. The Kier molecular flexibility index (Phi) is 4.27. The maximum absolute atomic E-state index is 11.6. The Bertz CT molecular complexity index is 313. The lowest BCUT2D eigenvalue weighted by molar-refractivity contribution is -0.128. The third-order valence-corrected chi connectivity index (χ3v) is 2.11. The fourth-order valence-corrected chi connectivity index (χ4v) is 1.33. The zero-order valence-corrected chi connectivity index (χ0v) is 8.63. The van der Waals surface area contributed by atoms with Crippen LogP contribution in [0.25, 0.3) is 0 Å². The van der Waals surface area contributed by atoms with E-state index in [4.69, 9.17) is 5.11 Å². The van der Waals surface area contributed by atoms with Crippen LogP contribution in [0.15, 0.2) is 30.3 Å². The van der Waals surface area contributed by atoms with Crippen molar-refractivity contribution in [1.82, 2.24) is 0 Å². The summed E-state index contributed by atoms with van der Waals surface area (Å²) in [4.78, 5) is 13.1. The van der Waals surface area contributed by atoms with E-state index in [1.54, 1.807) is 12.1 Å². The fraction of sp³-hybridized carbons (Fsp3) is 0.364. The number of anilines is 1. The SMILES string of the molecule is CCN(C(=O)C(O)CO)c1ccccc1. The van der Waals surface area contributed by atoms with Crippen molar-refractivity contribution >= 4 is 11.6 Å². The van der Waals surface area contributed by atoms with Crippen molar-refractivity contribution in [2.75, 3.05) is 18.1 Å². The number of para-hydroxylation sites is 1. The van der Waals surface area contributed by atoms with Crippen LogP contribution in [0.1, 0.15) is 6.92 Å². The number of rotatable bonds is 4. The van der Waals surface area contributed by atoms with E-state index in [0.29, 0.717) is 6.54 Å². The van der Waals surface area contributed by atoms with Crippen molar-refractivity contribution in [3.05, 3.63) is 30.3 Å². The van der Waals surface area contributed by atoms with Gasteiger partial charge in [-0.25, -0.2) is 0 Å². The van der Waals surface area contributed by atoms with E-state index in [-0.39, 0.29) is 0 Å². The van der Waals surface area contributed by atoms with Crippen LogP contribution in [0.2, 0.25) is 0 Å². The van der Waals surface area contributed by atoms with Gasteiger partial charge in [0.1, 0.15) is 0 Å². The quantitative estimate of drug-likeness (QED) is 0.754. The van der Waals surface area contributed by atoms with E-state index in [1.165, 1.54) is 4.90 Å². The van der Waals surface area contributed by atoms with Gasteiger partial charge in [0.15, 0.2) is 6.10 Å². The lowest BCUT2D eigenvalue weighted by Crippen LogP contribution is -2.40. The highest BCUT2D eigenvalue weighted by molar-refractivity contribution is 5.96. The largest absolute Gasteiger partial charge is 0.393 e. The summed E-state index contributed by atoms with van der Waals surface area (Å²) in [6.45, 7) is 1.72. The molecule has 4 heteroatoms. The predicted octanol–water partition coefficient (Wildman–Crippen LogP) is 0.393. The van der Waals surface area contributed by atoms with Crippen molar-refractivity contribution in [1.29, 1.82) is 0 Å². The van der Waals surface area contributed by atoms with Crippen LogP contribution < -0.4 is 4.90 Å². The maximum Gasteiger partial charge on any atom is 0.258 e. The Labute approximate surface area is 88.8 Å². The molecule has 2 N–H and O–H groups in total. The van der Waals surface area contributed by atoms with E-state index in [0.717, 1.165) is 5.69 Å². The molecule has 0 aliphatic heterocycles. The molecule has 0 bridgehead atoms. The highest BCUT2D eigenvalue weighted by Crippen LogP contribution is 2.13. The number of hydrogen-bond acceptors (Lipinski definition) is 3. The molecule has 1 unspecified atom stereocenters. The first-order valence-electron chi connectivity index (χ1n) is 4.86. The number of likely N-dealkylation sites (N-methyl/N-ethyl adjacent to an activating group) is 1. The molecule has 0 radical (unpaired) electrons. The molecule has 0 saturated carbocycles. The third kappa shape index (κ3) is 2.78. The molecule has 0 spiro atoms. The summed E-state index contributed by atoms with van der Waals surface area (Å²) in [6.07, 6.45) is -1.34. The molecule has 0 aromatic heterocycles. The minimum Gasteiger partial charge on any atom is -0.393 e. The normalized spacial score (nSPS) is 12.2. The second-order valence-corrected chi connectivity index (χ2v) is 3.12. The van der Waals surface area contributed by atoms with Gasteiger partial charge in [-0.1, -0.05) is 18.2 Å². The number of benzene rings is 1. The van der Waals surface area contributed by atoms with E-state index < -0.39 is 18.6 Å². The van der Waals surface area contributed by atoms with Crippen molar-refractivity contribution in [3.63, 3.8) is 0 Å². The average Bonchev–Trinajstić information content (AvgIpc) is 2.30. The minimum atomic E-state index is -1.34. The van der Waals surface area contributed by atoms with Crippen molar-refractivity contribution in [2.24, 2.45) is 0 Å². The van der Waals surface area contributed by atoms with Crippen LogP contribution in [-0.4, -0.2) is 35.4 Å². The van der Waals surface area contributed by atoms with Gasteiger partial charge in [0.25, 0.3) is 5.91 Å². The van der Waals surface area contributed by atoms with Gasteiger partial charge in [0, 0.05) is 12.2 Å². The van der Waals surface area contributed by atoms with Gasteiger partial charge >= 0.3 is 0 Å². The van der Waals surface area contributed by atoms with Gasteiger partial charge in [-0.3, -0.25) is 4.79 Å². The summed E-state index contributed by atoms with van der Waals surface area (Å²) >= 11 is 0.